The van der Waals surface area contributed by atoms with Crippen LogP contribution in [0.15, 0.2) is 40.3 Å². The SMILES string of the molecule is COc1cc(OC)c(OC)cc1/C=N\Nc1ccc(S(=O)(=O)N2CCCC2)cc1[N+](=O)[O-]. The molecule has 0 spiro atoms. The summed E-state index contributed by atoms with van der Waals surface area (Å²) in [6, 6.07) is 6.96. The number of hydrazone groups is 1. The zero-order valence-electron chi connectivity index (χ0n) is 17.9. The van der Waals surface area contributed by atoms with Crippen molar-refractivity contribution in [2.24, 2.45) is 5.10 Å². The van der Waals surface area contributed by atoms with Gasteiger partial charge in [0.1, 0.15) is 11.4 Å². The zero-order chi connectivity index (χ0) is 23.3. The first-order chi connectivity index (χ1) is 15.3. The van der Waals surface area contributed by atoms with Gasteiger partial charge < -0.3 is 14.2 Å². The molecule has 2 aromatic rings. The molecule has 0 amide bonds. The van der Waals surface area contributed by atoms with Crippen molar-refractivity contribution in [1.82, 2.24) is 4.31 Å². The number of hydrogen-bond donors (Lipinski definition) is 1. The number of ether oxygens (including phenoxy) is 3. The van der Waals surface area contributed by atoms with E-state index in [0.717, 1.165) is 18.9 Å². The fourth-order valence-electron chi connectivity index (χ4n) is 3.32. The molecule has 0 saturated carbocycles. The molecule has 1 N–H and O–H groups in total. The summed E-state index contributed by atoms with van der Waals surface area (Å²) in [5, 5.41) is 15.6. The highest BCUT2D eigenvalue weighted by atomic mass is 32.2. The Morgan fingerprint density at radius 1 is 1.03 bits per heavy atom. The fourth-order valence-corrected chi connectivity index (χ4v) is 4.86. The number of benzene rings is 2. The van der Waals surface area contributed by atoms with E-state index in [0.29, 0.717) is 35.9 Å². The molecule has 11 nitrogen and oxygen atoms in total. The first-order valence-corrected chi connectivity index (χ1v) is 11.1. The molecule has 0 aliphatic carbocycles. The van der Waals surface area contributed by atoms with Gasteiger partial charge in [-0.1, -0.05) is 0 Å². The van der Waals surface area contributed by atoms with Gasteiger partial charge in [0, 0.05) is 30.8 Å². The van der Waals surface area contributed by atoms with Crippen molar-refractivity contribution in [1.29, 1.82) is 0 Å². The Hall–Kier alpha value is -3.38. The van der Waals surface area contributed by atoms with Crippen molar-refractivity contribution in [2.75, 3.05) is 39.8 Å². The molecule has 1 aliphatic heterocycles. The average Bonchev–Trinajstić information content (AvgIpc) is 3.34. The predicted molar refractivity (Wildman–Crippen MR) is 118 cm³/mol. The van der Waals surface area contributed by atoms with Crippen molar-refractivity contribution in [2.45, 2.75) is 17.7 Å². The second-order valence-corrected chi connectivity index (χ2v) is 8.80. The fraction of sp³-hybridized carbons (Fsp3) is 0.350. The van der Waals surface area contributed by atoms with Crippen LogP contribution in [0.4, 0.5) is 11.4 Å². The number of nitro benzene ring substituents is 1. The summed E-state index contributed by atoms with van der Waals surface area (Å²) in [4.78, 5) is 10.8. The summed E-state index contributed by atoms with van der Waals surface area (Å²) in [7, 11) is 0.695. The van der Waals surface area contributed by atoms with Gasteiger partial charge in [-0.05, 0) is 31.0 Å². The molecule has 0 aromatic heterocycles. The van der Waals surface area contributed by atoms with E-state index in [9.17, 15) is 18.5 Å². The van der Waals surface area contributed by atoms with Gasteiger partial charge in [0.05, 0.1) is 37.4 Å². The first kappa shape index (κ1) is 23.3. The first-order valence-electron chi connectivity index (χ1n) is 9.69. The standard InChI is InChI=1S/C20H24N4O7S/c1-29-18-12-20(31-3)19(30-2)10-14(18)13-21-22-16-7-6-15(11-17(16)24(25)26)32(27,28)23-8-4-5-9-23/h6-7,10-13,22H,4-5,8-9H2,1-3H3/b21-13-. The van der Waals surface area contributed by atoms with Gasteiger partial charge in [-0.25, -0.2) is 8.42 Å². The molecule has 1 heterocycles. The highest BCUT2D eigenvalue weighted by molar-refractivity contribution is 7.89. The normalized spacial score (nSPS) is 14.5. The molecule has 32 heavy (non-hydrogen) atoms. The van der Waals surface area contributed by atoms with Gasteiger partial charge in [-0.15, -0.1) is 0 Å². The van der Waals surface area contributed by atoms with Gasteiger partial charge in [-0.3, -0.25) is 15.5 Å². The number of hydrogen-bond acceptors (Lipinski definition) is 9. The van der Waals surface area contributed by atoms with E-state index >= 15 is 0 Å². The van der Waals surface area contributed by atoms with Gasteiger partial charge in [0.15, 0.2) is 11.5 Å². The predicted octanol–water partition coefficient (Wildman–Crippen LogP) is 2.85. The number of nitrogens with zero attached hydrogens (tertiary/aromatic N) is 3. The van der Waals surface area contributed by atoms with Gasteiger partial charge >= 0.3 is 0 Å². The maximum atomic E-state index is 12.7. The molecule has 1 saturated heterocycles. The second-order valence-electron chi connectivity index (χ2n) is 6.87. The molecular weight excluding hydrogens is 440 g/mol. The van der Waals surface area contributed by atoms with Crippen LogP contribution in [0.5, 0.6) is 17.2 Å². The van der Waals surface area contributed by atoms with Crippen molar-refractivity contribution in [3.8, 4) is 17.2 Å². The molecule has 1 aliphatic rings. The van der Waals surface area contributed by atoms with Crippen molar-refractivity contribution in [3.05, 3.63) is 46.0 Å². The van der Waals surface area contributed by atoms with E-state index in [1.54, 1.807) is 12.1 Å². The smallest absolute Gasteiger partial charge is 0.295 e. The maximum Gasteiger partial charge on any atom is 0.295 e. The van der Waals surface area contributed by atoms with Crippen LogP contribution in [0.3, 0.4) is 0 Å². The molecule has 12 heteroatoms. The number of methoxy groups -OCH3 is 3. The molecule has 2 aromatic carbocycles. The van der Waals surface area contributed by atoms with E-state index in [4.69, 9.17) is 14.2 Å². The van der Waals surface area contributed by atoms with Crippen LogP contribution >= 0.6 is 0 Å². The number of sulfonamides is 1. The minimum atomic E-state index is -3.78. The lowest BCUT2D eigenvalue weighted by molar-refractivity contribution is -0.384. The molecule has 0 radical (unpaired) electrons. The molecule has 3 rings (SSSR count). The Labute approximate surface area is 185 Å². The Morgan fingerprint density at radius 2 is 1.66 bits per heavy atom. The van der Waals surface area contributed by atoms with E-state index < -0.39 is 20.6 Å². The molecule has 172 valence electrons. The van der Waals surface area contributed by atoms with Gasteiger partial charge in [0.2, 0.25) is 10.0 Å². The summed E-state index contributed by atoms with van der Waals surface area (Å²) < 4.78 is 42.6. The summed E-state index contributed by atoms with van der Waals surface area (Å²) in [6.07, 6.45) is 2.95. The molecular formula is C20H24N4O7S. The largest absolute Gasteiger partial charge is 0.496 e. The van der Waals surface area contributed by atoms with Crippen LogP contribution in [0.25, 0.3) is 0 Å². The molecule has 0 unspecified atom stereocenters. The Kier molecular flexibility index (Phi) is 7.15. The lowest BCUT2D eigenvalue weighted by Gasteiger charge is -2.15. The lowest BCUT2D eigenvalue weighted by atomic mass is 10.2. The van der Waals surface area contributed by atoms with Gasteiger partial charge in [-0.2, -0.15) is 9.41 Å². The van der Waals surface area contributed by atoms with E-state index in [1.807, 2.05) is 0 Å². The quantitative estimate of drug-likeness (QED) is 0.340. The van der Waals surface area contributed by atoms with Crippen LogP contribution < -0.4 is 19.6 Å². The van der Waals surface area contributed by atoms with E-state index in [1.165, 1.54) is 44.0 Å². The highest BCUT2D eigenvalue weighted by Gasteiger charge is 2.29. The Bertz CT molecular complexity index is 1130. The van der Waals surface area contributed by atoms with Crippen LogP contribution in [0.1, 0.15) is 18.4 Å². The van der Waals surface area contributed by atoms with Crippen molar-refractivity contribution in [3.63, 3.8) is 0 Å². The Balaban J connectivity index is 1.88. The number of nitro groups is 1. The third kappa shape index (κ3) is 4.75. The molecule has 0 bridgehead atoms. The van der Waals surface area contributed by atoms with Crippen LogP contribution in [0.2, 0.25) is 0 Å². The van der Waals surface area contributed by atoms with E-state index in [-0.39, 0.29) is 10.6 Å². The highest BCUT2D eigenvalue weighted by Crippen LogP contribution is 2.34. The van der Waals surface area contributed by atoms with Crippen molar-refractivity contribution >= 4 is 27.6 Å². The van der Waals surface area contributed by atoms with Gasteiger partial charge in [0.25, 0.3) is 5.69 Å². The summed E-state index contributed by atoms with van der Waals surface area (Å²) in [5.74, 6) is 1.38. The third-order valence-corrected chi connectivity index (χ3v) is 6.89. The second kappa shape index (κ2) is 9.83. The van der Waals surface area contributed by atoms with Crippen LogP contribution in [0, 0.1) is 10.1 Å². The maximum absolute atomic E-state index is 12.7. The minimum absolute atomic E-state index is 0.0473. The van der Waals surface area contributed by atoms with Crippen molar-refractivity contribution < 1.29 is 27.6 Å². The topological polar surface area (TPSA) is 133 Å². The number of rotatable bonds is 9. The molecule has 1 fully saturated rings. The van der Waals surface area contributed by atoms with Crippen LogP contribution in [-0.4, -0.2) is 58.3 Å². The Morgan fingerprint density at radius 3 is 2.25 bits per heavy atom. The van der Waals surface area contributed by atoms with Crippen LogP contribution in [-0.2, 0) is 10.0 Å². The number of nitrogens with one attached hydrogen (secondary N) is 1. The third-order valence-electron chi connectivity index (χ3n) is 4.99. The average molecular weight is 465 g/mol. The zero-order valence-corrected chi connectivity index (χ0v) is 18.7. The summed E-state index contributed by atoms with van der Waals surface area (Å²) in [6.45, 7) is 0.821. The number of anilines is 1. The van der Waals surface area contributed by atoms with E-state index in [2.05, 4.69) is 10.5 Å². The lowest BCUT2D eigenvalue weighted by Crippen LogP contribution is -2.27. The summed E-state index contributed by atoms with van der Waals surface area (Å²) >= 11 is 0. The summed E-state index contributed by atoms with van der Waals surface area (Å²) in [5.41, 5.74) is 2.78. The molecule has 0 atom stereocenters. The monoisotopic (exact) mass is 464 g/mol. The minimum Gasteiger partial charge on any atom is -0.496 e.